The molecule has 46 heavy (non-hydrogen) atoms. The monoisotopic (exact) mass is 615 g/mol. The third kappa shape index (κ3) is 6.60. The Kier molecular flexibility index (Phi) is 8.65. The van der Waals surface area contributed by atoms with Crippen LogP contribution in [-0.4, -0.2) is 56.6 Å². The van der Waals surface area contributed by atoms with Crippen molar-refractivity contribution in [3.8, 4) is 11.5 Å². The highest BCUT2D eigenvalue weighted by atomic mass is 16.5. The number of nitrogens with zero attached hydrogens (tertiary/aromatic N) is 3. The van der Waals surface area contributed by atoms with Crippen molar-refractivity contribution in [1.82, 2.24) is 4.98 Å². The predicted molar refractivity (Wildman–Crippen MR) is 182 cm³/mol. The van der Waals surface area contributed by atoms with Gasteiger partial charge in [-0.25, -0.2) is 0 Å². The third-order valence-electron chi connectivity index (χ3n) is 8.65. The van der Waals surface area contributed by atoms with E-state index < -0.39 is 0 Å². The summed E-state index contributed by atoms with van der Waals surface area (Å²) in [6, 6.07) is 24.3. The number of morpholine rings is 1. The molecule has 3 aromatic carbocycles. The Morgan fingerprint density at radius 3 is 2.72 bits per heavy atom. The smallest absolute Gasteiger partial charge is 0.233 e. The standard InChI is InChI=1S/C37H37N5O4/c1-44-36-23-27(6-13-33(36)39-28-3-2-15-38-24-28)26-5-11-31-34(22-26)40-32-12-4-25(21-35(32)41-37(31)43)14-18-46-30-9-7-29(8-10-30)42-16-19-45-20-17-42/h2-4,6-10,12-13,15,21-24,31,39H,5,11,14,16-20H2,1H3,(H,41,43). The number of amides is 1. The predicted octanol–water partition coefficient (Wildman–Crippen LogP) is 6.81. The molecule has 2 aliphatic heterocycles. The van der Waals surface area contributed by atoms with E-state index in [4.69, 9.17) is 19.2 Å². The van der Waals surface area contributed by atoms with E-state index in [9.17, 15) is 4.79 Å². The van der Waals surface area contributed by atoms with Crippen molar-refractivity contribution >= 4 is 45.6 Å². The number of anilines is 4. The number of rotatable bonds is 9. The molecule has 1 aromatic heterocycles. The van der Waals surface area contributed by atoms with E-state index in [-0.39, 0.29) is 11.8 Å². The number of allylic oxidation sites excluding steroid dienone is 2. The van der Waals surface area contributed by atoms with Gasteiger partial charge in [-0.15, -0.1) is 0 Å². The lowest BCUT2D eigenvalue weighted by molar-refractivity contribution is -0.118. The SMILES string of the molecule is COc1cc(C2=CC3=Nc4ccc(CCOc5ccc(N6CCOCC6)cc5)cc4NC(=O)C3CC2)ccc1Nc1cccnc1. The van der Waals surface area contributed by atoms with Crippen LogP contribution in [0.3, 0.4) is 0 Å². The summed E-state index contributed by atoms with van der Waals surface area (Å²) >= 11 is 0. The Hall–Kier alpha value is -5.15. The van der Waals surface area contributed by atoms with Gasteiger partial charge in [0.15, 0.2) is 0 Å². The van der Waals surface area contributed by atoms with Gasteiger partial charge >= 0.3 is 0 Å². The van der Waals surface area contributed by atoms with Gasteiger partial charge in [-0.1, -0.05) is 12.1 Å². The molecule has 9 heteroatoms. The average molecular weight is 616 g/mol. The molecule has 2 N–H and O–H groups in total. The summed E-state index contributed by atoms with van der Waals surface area (Å²) < 4.78 is 17.2. The van der Waals surface area contributed by atoms with Crippen LogP contribution in [-0.2, 0) is 16.0 Å². The number of fused-ring (bicyclic) bond motifs is 2. The average Bonchev–Trinajstić information content (AvgIpc) is 3.24. The van der Waals surface area contributed by atoms with E-state index in [1.807, 2.05) is 48.5 Å². The highest BCUT2D eigenvalue weighted by Crippen LogP contribution is 2.38. The van der Waals surface area contributed by atoms with E-state index in [1.54, 1.807) is 19.5 Å². The summed E-state index contributed by atoms with van der Waals surface area (Å²) in [6.07, 6.45) is 7.75. The second kappa shape index (κ2) is 13.5. The zero-order valence-corrected chi connectivity index (χ0v) is 25.9. The van der Waals surface area contributed by atoms with Gasteiger partial charge < -0.3 is 29.7 Å². The van der Waals surface area contributed by atoms with Gasteiger partial charge in [0.05, 0.1) is 67.5 Å². The van der Waals surface area contributed by atoms with Crippen LogP contribution in [0.4, 0.5) is 28.4 Å². The number of aliphatic imine (C=N–C) groups is 1. The summed E-state index contributed by atoms with van der Waals surface area (Å²) in [4.78, 5) is 24.8. The van der Waals surface area contributed by atoms with E-state index in [2.05, 4.69) is 50.9 Å². The van der Waals surface area contributed by atoms with Crippen molar-refractivity contribution in [2.45, 2.75) is 19.3 Å². The molecule has 3 aliphatic rings. The van der Waals surface area contributed by atoms with E-state index in [0.717, 1.165) is 89.4 Å². The summed E-state index contributed by atoms with van der Waals surface area (Å²) in [7, 11) is 1.67. The highest BCUT2D eigenvalue weighted by Gasteiger charge is 2.31. The van der Waals surface area contributed by atoms with Crippen LogP contribution in [0.2, 0.25) is 0 Å². The molecule has 1 atom stereocenters. The number of pyridine rings is 1. The summed E-state index contributed by atoms with van der Waals surface area (Å²) in [6.45, 7) is 3.89. The molecule has 1 unspecified atom stereocenters. The molecule has 4 aromatic rings. The Morgan fingerprint density at radius 1 is 1.04 bits per heavy atom. The lowest BCUT2D eigenvalue weighted by atomic mass is 9.84. The number of nitrogens with one attached hydrogen (secondary N) is 2. The number of hydrogen-bond donors (Lipinski definition) is 2. The van der Waals surface area contributed by atoms with Gasteiger partial charge in [0.2, 0.25) is 5.91 Å². The van der Waals surface area contributed by atoms with Gasteiger partial charge in [0.25, 0.3) is 0 Å². The fraction of sp³-hybridized carbons (Fsp3) is 0.270. The van der Waals surface area contributed by atoms with E-state index in [0.29, 0.717) is 19.4 Å². The minimum absolute atomic E-state index is 0.0184. The zero-order valence-electron chi connectivity index (χ0n) is 25.9. The second-order valence-corrected chi connectivity index (χ2v) is 11.6. The molecular weight excluding hydrogens is 578 g/mol. The van der Waals surface area contributed by atoms with Crippen LogP contribution in [0, 0.1) is 5.92 Å². The van der Waals surface area contributed by atoms with Gasteiger partial charge in [-0.3, -0.25) is 14.8 Å². The lowest BCUT2D eigenvalue weighted by Gasteiger charge is -2.28. The van der Waals surface area contributed by atoms with Crippen LogP contribution >= 0.6 is 0 Å². The maximum Gasteiger partial charge on any atom is 0.233 e. The molecule has 0 saturated carbocycles. The van der Waals surface area contributed by atoms with Gasteiger partial charge in [-0.2, -0.15) is 0 Å². The number of benzene rings is 3. The molecule has 0 radical (unpaired) electrons. The van der Waals surface area contributed by atoms with Crippen molar-refractivity contribution in [2.24, 2.45) is 10.9 Å². The summed E-state index contributed by atoms with van der Waals surface area (Å²) in [5.74, 6) is 1.26. The molecule has 7 rings (SSSR count). The quantitative estimate of drug-likeness (QED) is 0.214. The van der Waals surface area contributed by atoms with Crippen LogP contribution in [0.5, 0.6) is 11.5 Å². The molecule has 0 bridgehead atoms. The van der Waals surface area contributed by atoms with Gasteiger partial charge in [-0.05, 0) is 96.3 Å². The van der Waals surface area contributed by atoms with Crippen molar-refractivity contribution in [3.05, 3.63) is 102 Å². The van der Waals surface area contributed by atoms with Crippen molar-refractivity contribution in [2.75, 3.05) is 55.6 Å². The third-order valence-corrected chi connectivity index (χ3v) is 8.65. The Bertz CT molecular complexity index is 1760. The molecule has 1 aliphatic carbocycles. The molecule has 9 nitrogen and oxygen atoms in total. The van der Waals surface area contributed by atoms with Crippen LogP contribution < -0.4 is 25.0 Å². The largest absolute Gasteiger partial charge is 0.495 e. The van der Waals surface area contributed by atoms with E-state index >= 15 is 0 Å². The number of ether oxygens (including phenoxy) is 3. The number of hydrogen-bond acceptors (Lipinski definition) is 8. The topological polar surface area (TPSA) is 97.3 Å². The first-order valence-corrected chi connectivity index (χ1v) is 15.8. The minimum atomic E-state index is -0.295. The van der Waals surface area contributed by atoms with Crippen molar-refractivity contribution < 1.29 is 19.0 Å². The second-order valence-electron chi connectivity index (χ2n) is 11.6. The van der Waals surface area contributed by atoms with Gasteiger partial charge in [0.1, 0.15) is 11.5 Å². The minimum Gasteiger partial charge on any atom is -0.495 e. The van der Waals surface area contributed by atoms with Crippen LogP contribution in [0.1, 0.15) is 24.0 Å². The normalized spacial score (nSPS) is 17.5. The van der Waals surface area contributed by atoms with Crippen LogP contribution in [0.25, 0.3) is 5.57 Å². The maximum absolute atomic E-state index is 13.3. The lowest BCUT2D eigenvalue weighted by Crippen LogP contribution is -2.36. The number of carbonyl (C=O) groups is 1. The van der Waals surface area contributed by atoms with Crippen molar-refractivity contribution in [3.63, 3.8) is 0 Å². The summed E-state index contributed by atoms with van der Waals surface area (Å²) in [5, 5.41) is 6.51. The first-order chi connectivity index (χ1) is 22.6. The molecule has 1 amide bonds. The Balaban J connectivity index is 1.03. The number of aromatic nitrogens is 1. The number of carbonyl (C=O) groups excluding carboxylic acids is 1. The first kappa shape index (κ1) is 29.6. The van der Waals surface area contributed by atoms with Crippen molar-refractivity contribution in [1.29, 1.82) is 0 Å². The van der Waals surface area contributed by atoms with E-state index in [1.165, 1.54) is 5.69 Å². The van der Waals surface area contributed by atoms with Gasteiger partial charge in [0, 0.05) is 31.4 Å². The fourth-order valence-corrected chi connectivity index (χ4v) is 6.15. The molecule has 1 saturated heterocycles. The Morgan fingerprint density at radius 2 is 1.91 bits per heavy atom. The molecule has 234 valence electrons. The molecular formula is C37H37N5O4. The fourth-order valence-electron chi connectivity index (χ4n) is 6.15. The Labute approximate surface area is 268 Å². The van der Waals surface area contributed by atoms with Crippen LogP contribution in [0.15, 0.2) is 96.3 Å². The molecule has 3 heterocycles. The molecule has 1 fully saturated rings. The summed E-state index contributed by atoms with van der Waals surface area (Å²) in [5.41, 5.74) is 8.47. The molecule has 0 spiro atoms. The zero-order chi connectivity index (χ0) is 31.3. The highest BCUT2D eigenvalue weighted by molar-refractivity contribution is 6.19. The number of methoxy groups -OCH3 is 1. The first-order valence-electron chi connectivity index (χ1n) is 15.8. The maximum atomic E-state index is 13.3.